The van der Waals surface area contributed by atoms with Crippen LogP contribution in [0.15, 0.2) is 48.7 Å². The number of hydrogen-bond acceptors (Lipinski definition) is 4. The van der Waals surface area contributed by atoms with Gasteiger partial charge < -0.3 is 14.8 Å². The minimum Gasteiger partial charge on any atom is -0.484 e. The standard InChI is InChI=1S/C17H20N2O3/c1-3-13(2)19-16(20)12-21-14-7-9-15(10-8-14)22-17-6-4-5-11-18-17/h4-11,13H,3,12H2,1-2H3,(H,19,20). The monoisotopic (exact) mass is 300 g/mol. The summed E-state index contributed by atoms with van der Waals surface area (Å²) in [6.07, 6.45) is 2.56. The maximum absolute atomic E-state index is 11.6. The fraction of sp³-hybridized carbons (Fsp3) is 0.294. The van der Waals surface area contributed by atoms with Crippen molar-refractivity contribution in [2.45, 2.75) is 26.3 Å². The Morgan fingerprint density at radius 2 is 1.91 bits per heavy atom. The molecule has 1 N–H and O–H groups in total. The number of ether oxygens (including phenoxy) is 2. The number of carbonyl (C=O) groups excluding carboxylic acids is 1. The van der Waals surface area contributed by atoms with Crippen molar-refractivity contribution >= 4 is 5.91 Å². The largest absolute Gasteiger partial charge is 0.484 e. The van der Waals surface area contributed by atoms with Crippen LogP contribution < -0.4 is 14.8 Å². The van der Waals surface area contributed by atoms with Crippen LogP contribution in [-0.2, 0) is 4.79 Å². The Labute approximate surface area is 130 Å². The summed E-state index contributed by atoms with van der Waals surface area (Å²) in [6, 6.07) is 12.7. The Balaban J connectivity index is 1.83. The number of rotatable bonds is 7. The van der Waals surface area contributed by atoms with E-state index in [9.17, 15) is 4.79 Å². The molecule has 5 heteroatoms. The van der Waals surface area contributed by atoms with Gasteiger partial charge in [-0.2, -0.15) is 0 Å². The van der Waals surface area contributed by atoms with Crippen LogP contribution in [0.5, 0.6) is 17.4 Å². The van der Waals surface area contributed by atoms with Crippen molar-refractivity contribution < 1.29 is 14.3 Å². The number of amides is 1. The van der Waals surface area contributed by atoms with Crippen molar-refractivity contribution in [3.05, 3.63) is 48.7 Å². The maximum Gasteiger partial charge on any atom is 0.258 e. The molecule has 0 saturated heterocycles. The summed E-state index contributed by atoms with van der Waals surface area (Å²) in [4.78, 5) is 15.7. The molecule has 0 radical (unpaired) electrons. The molecule has 22 heavy (non-hydrogen) atoms. The van der Waals surface area contributed by atoms with Crippen LogP contribution in [0.1, 0.15) is 20.3 Å². The molecule has 0 spiro atoms. The van der Waals surface area contributed by atoms with Gasteiger partial charge in [0.2, 0.25) is 5.88 Å². The zero-order valence-corrected chi connectivity index (χ0v) is 12.8. The Morgan fingerprint density at radius 1 is 1.18 bits per heavy atom. The van der Waals surface area contributed by atoms with E-state index in [4.69, 9.17) is 9.47 Å². The van der Waals surface area contributed by atoms with Crippen molar-refractivity contribution in [2.75, 3.05) is 6.61 Å². The third-order valence-electron chi connectivity index (χ3n) is 3.07. The van der Waals surface area contributed by atoms with Gasteiger partial charge in [0.15, 0.2) is 6.61 Å². The van der Waals surface area contributed by atoms with Gasteiger partial charge in [0.25, 0.3) is 5.91 Å². The quantitative estimate of drug-likeness (QED) is 0.853. The normalized spacial score (nSPS) is 11.5. The van der Waals surface area contributed by atoms with Crippen molar-refractivity contribution in [3.63, 3.8) is 0 Å². The van der Waals surface area contributed by atoms with Gasteiger partial charge in [0.05, 0.1) is 0 Å². The second-order valence-electron chi connectivity index (χ2n) is 4.91. The Kier molecular flexibility index (Phi) is 5.77. The highest BCUT2D eigenvalue weighted by Crippen LogP contribution is 2.22. The molecular weight excluding hydrogens is 280 g/mol. The molecule has 1 heterocycles. The van der Waals surface area contributed by atoms with Gasteiger partial charge in [-0.3, -0.25) is 4.79 Å². The molecule has 0 bridgehead atoms. The molecule has 2 rings (SSSR count). The molecule has 0 saturated carbocycles. The smallest absolute Gasteiger partial charge is 0.258 e. The van der Waals surface area contributed by atoms with Crippen molar-refractivity contribution in [1.29, 1.82) is 0 Å². The fourth-order valence-corrected chi connectivity index (χ4v) is 1.70. The number of nitrogens with zero attached hydrogens (tertiary/aromatic N) is 1. The summed E-state index contributed by atoms with van der Waals surface area (Å²) >= 11 is 0. The molecule has 0 aliphatic carbocycles. The zero-order chi connectivity index (χ0) is 15.8. The van der Waals surface area contributed by atoms with Crippen LogP contribution in [0.2, 0.25) is 0 Å². The zero-order valence-electron chi connectivity index (χ0n) is 12.8. The Morgan fingerprint density at radius 3 is 2.55 bits per heavy atom. The molecule has 1 aromatic carbocycles. The first kappa shape index (κ1) is 15.8. The van der Waals surface area contributed by atoms with Crippen LogP contribution in [0.3, 0.4) is 0 Å². The summed E-state index contributed by atoms with van der Waals surface area (Å²) in [7, 11) is 0. The Hall–Kier alpha value is -2.56. The number of aromatic nitrogens is 1. The van der Waals surface area contributed by atoms with Gasteiger partial charge in [-0.05, 0) is 43.7 Å². The lowest BCUT2D eigenvalue weighted by molar-refractivity contribution is -0.123. The van der Waals surface area contributed by atoms with E-state index in [0.717, 1.165) is 6.42 Å². The molecule has 0 fully saturated rings. The van der Waals surface area contributed by atoms with E-state index in [1.54, 1.807) is 36.5 Å². The highest BCUT2D eigenvalue weighted by molar-refractivity contribution is 5.77. The first-order chi connectivity index (χ1) is 10.7. The molecule has 116 valence electrons. The molecule has 1 atom stereocenters. The molecule has 0 aliphatic rings. The van der Waals surface area contributed by atoms with Gasteiger partial charge in [-0.15, -0.1) is 0 Å². The number of hydrogen-bond donors (Lipinski definition) is 1. The lowest BCUT2D eigenvalue weighted by Gasteiger charge is -2.12. The van der Waals surface area contributed by atoms with E-state index in [1.165, 1.54) is 0 Å². The van der Waals surface area contributed by atoms with E-state index in [-0.39, 0.29) is 18.6 Å². The fourth-order valence-electron chi connectivity index (χ4n) is 1.70. The highest BCUT2D eigenvalue weighted by atomic mass is 16.5. The number of nitrogens with one attached hydrogen (secondary N) is 1. The van der Waals surface area contributed by atoms with Crippen LogP contribution in [0.25, 0.3) is 0 Å². The van der Waals surface area contributed by atoms with Gasteiger partial charge in [-0.1, -0.05) is 13.0 Å². The number of carbonyl (C=O) groups is 1. The molecule has 1 amide bonds. The summed E-state index contributed by atoms with van der Waals surface area (Å²) in [5, 5.41) is 2.85. The van der Waals surface area contributed by atoms with E-state index in [2.05, 4.69) is 10.3 Å². The first-order valence-electron chi connectivity index (χ1n) is 7.28. The average Bonchev–Trinajstić information content (AvgIpc) is 2.55. The Bertz CT molecular complexity index is 585. The SMILES string of the molecule is CCC(C)NC(=O)COc1ccc(Oc2ccccn2)cc1. The number of pyridine rings is 1. The second-order valence-corrected chi connectivity index (χ2v) is 4.91. The molecule has 2 aromatic rings. The van der Waals surface area contributed by atoms with E-state index in [0.29, 0.717) is 17.4 Å². The highest BCUT2D eigenvalue weighted by Gasteiger charge is 2.06. The predicted octanol–water partition coefficient (Wildman–Crippen LogP) is 3.17. The minimum absolute atomic E-state index is 0.00475. The molecule has 1 aromatic heterocycles. The molecular formula is C17H20N2O3. The van der Waals surface area contributed by atoms with E-state index >= 15 is 0 Å². The second kappa shape index (κ2) is 8.02. The topological polar surface area (TPSA) is 60.5 Å². The van der Waals surface area contributed by atoms with Crippen molar-refractivity contribution in [1.82, 2.24) is 10.3 Å². The average molecular weight is 300 g/mol. The van der Waals surface area contributed by atoms with Crippen LogP contribution in [0.4, 0.5) is 0 Å². The maximum atomic E-state index is 11.6. The lowest BCUT2D eigenvalue weighted by Crippen LogP contribution is -2.35. The van der Waals surface area contributed by atoms with E-state index < -0.39 is 0 Å². The summed E-state index contributed by atoms with van der Waals surface area (Å²) < 4.78 is 11.0. The van der Waals surface area contributed by atoms with Gasteiger partial charge in [0, 0.05) is 18.3 Å². The minimum atomic E-state index is -0.122. The van der Waals surface area contributed by atoms with Crippen LogP contribution in [0, 0.1) is 0 Å². The first-order valence-corrected chi connectivity index (χ1v) is 7.28. The van der Waals surface area contributed by atoms with Crippen LogP contribution in [-0.4, -0.2) is 23.5 Å². The lowest BCUT2D eigenvalue weighted by atomic mass is 10.2. The molecule has 5 nitrogen and oxygen atoms in total. The molecule has 1 unspecified atom stereocenters. The number of benzene rings is 1. The third-order valence-corrected chi connectivity index (χ3v) is 3.07. The van der Waals surface area contributed by atoms with Gasteiger partial charge >= 0.3 is 0 Å². The molecule has 0 aliphatic heterocycles. The van der Waals surface area contributed by atoms with Crippen molar-refractivity contribution in [3.8, 4) is 17.4 Å². The van der Waals surface area contributed by atoms with Crippen molar-refractivity contribution in [2.24, 2.45) is 0 Å². The van der Waals surface area contributed by atoms with Gasteiger partial charge in [0.1, 0.15) is 11.5 Å². The third kappa shape index (κ3) is 5.09. The summed E-state index contributed by atoms with van der Waals surface area (Å²) in [5.41, 5.74) is 0. The van der Waals surface area contributed by atoms with E-state index in [1.807, 2.05) is 26.0 Å². The van der Waals surface area contributed by atoms with Gasteiger partial charge in [-0.25, -0.2) is 4.98 Å². The van der Waals surface area contributed by atoms with Crippen LogP contribution >= 0.6 is 0 Å². The summed E-state index contributed by atoms with van der Waals surface area (Å²) in [6.45, 7) is 3.98. The predicted molar refractivity (Wildman–Crippen MR) is 84.1 cm³/mol. The summed E-state index contributed by atoms with van der Waals surface area (Å²) in [5.74, 6) is 1.69.